The zero-order valence-electron chi connectivity index (χ0n) is 16.6. The molecule has 0 fully saturated rings. The minimum absolute atomic E-state index is 0.0687. The average Bonchev–Trinajstić information content (AvgIpc) is 3.17. The molecular formula is C22H23ClN2O5. The van der Waals surface area contributed by atoms with Gasteiger partial charge in [-0.05, 0) is 35.3 Å². The fourth-order valence-electron chi connectivity index (χ4n) is 3.38. The summed E-state index contributed by atoms with van der Waals surface area (Å²) < 4.78 is 10.5. The molecule has 0 aromatic heterocycles. The van der Waals surface area contributed by atoms with Gasteiger partial charge in [0, 0.05) is 30.6 Å². The van der Waals surface area contributed by atoms with E-state index in [4.69, 9.17) is 22.1 Å². The topological polar surface area (TPSA) is 98.9 Å². The lowest BCUT2D eigenvalue weighted by atomic mass is 10.00. The first-order chi connectivity index (χ1) is 14.4. The lowest BCUT2D eigenvalue weighted by Crippen LogP contribution is -2.41. The summed E-state index contributed by atoms with van der Waals surface area (Å²) in [5, 5.41) is 0. The molecule has 1 aliphatic carbocycles. The van der Waals surface area contributed by atoms with Gasteiger partial charge in [-0.1, -0.05) is 24.3 Å². The van der Waals surface area contributed by atoms with Gasteiger partial charge >= 0.3 is 5.97 Å². The zero-order chi connectivity index (χ0) is 21.7. The molecule has 0 saturated heterocycles. The number of primary amides is 1. The number of methoxy groups -OCH3 is 1. The lowest BCUT2D eigenvalue weighted by Gasteiger charge is -2.25. The summed E-state index contributed by atoms with van der Waals surface area (Å²) in [5.41, 5.74) is 8.94. The zero-order valence-corrected chi connectivity index (χ0v) is 17.4. The van der Waals surface area contributed by atoms with E-state index in [9.17, 15) is 14.4 Å². The molecule has 2 N–H and O–H groups in total. The number of carbonyl (C=O) groups is 3. The largest absolute Gasteiger partial charge is 0.484 e. The van der Waals surface area contributed by atoms with Gasteiger partial charge in [0.25, 0.3) is 0 Å². The number of carbonyl (C=O) groups excluding carboxylic acids is 3. The van der Waals surface area contributed by atoms with Crippen molar-refractivity contribution in [2.75, 3.05) is 13.7 Å². The van der Waals surface area contributed by atoms with Gasteiger partial charge in [0.2, 0.25) is 11.7 Å². The molecule has 7 nitrogen and oxygen atoms in total. The molecule has 1 atom stereocenters. The van der Waals surface area contributed by atoms with Crippen molar-refractivity contribution in [3.63, 3.8) is 0 Å². The summed E-state index contributed by atoms with van der Waals surface area (Å²) in [6, 6.07) is 6.93. The van der Waals surface area contributed by atoms with Gasteiger partial charge in [0.05, 0.1) is 7.11 Å². The monoisotopic (exact) mass is 430 g/mol. The maximum atomic E-state index is 12.4. The van der Waals surface area contributed by atoms with Crippen molar-refractivity contribution >= 4 is 29.3 Å². The number of ketones is 1. The molecule has 158 valence electrons. The number of hydrogen-bond acceptors (Lipinski definition) is 6. The summed E-state index contributed by atoms with van der Waals surface area (Å²) in [6.07, 6.45) is 5.19. The highest BCUT2D eigenvalue weighted by molar-refractivity contribution is 6.17. The predicted octanol–water partition coefficient (Wildman–Crippen LogP) is 2.34. The number of halogens is 1. The molecule has 0 radical (unpaired) electrons. The molecule has 0 saturated carbocycles. The highest BCUT2D eigenvalue weighted by Gasteiger charge is 2.33. The van der Waals surface area contributed by atoms with E-state index < -0.39 is 17.9 Å². The fraction of sp³-hybridized carbons (Fsp3) is 0.318. The van der Waals surface area contributed by atoms with E-state index in [-0.39, 0.29) is 31.0 Å². The minimum Gasteiger partial charge on any atom is -0.484 e. The van der Waals surface area contributed by atoms with Crippen molar-refractivity contribution < 1.29 is 23.9 Å². The van der Waals surface area contributed by atoms with E-state index in [0.717, 1.165) is 16.7 Å². The highest BCUT2D eigenvalue weighted by Crippen LogP contribution is 2.32. The Kier molecular flexibility index (Phi) is 6.95. The second kappa shape index (κ2) is 9.63. The molecule has 0 bridgehead atoms. The molecule has 1 aromatic rings. The predicted molar refractivity (Wildman–Crippen MR) is 111 cm³/mol. The maximum absolute atomic E-state index is 12.4. The van der Waals surface area contributed by atoms with Crippen LogP contribution in [0.3, 0.4) is 0 Å². The summed E-state index contributed by atoms with van der Waals surface area (Å²) in [6.45, 7) is 0.524. The summed E-state index contributed by atoms with van der Waals surface area (Å²) in [7, 11) is 1.29. The van der Waals surface area contributed by atoms with Crippen LogP contribution < -0.4 is 5.73 Å². The van der Waals surface area contributed by atoms with Gasteiger partial charge < -0.3 is 20.1 Å². The number of nitrogens with zero attached hydrogens (tertiary/aromatic N) is 1. The van der Waals surface area contributed by atoms with Crippen molar-refractivity contribution in [1.29, 1.82) is 0 Å². The SMILES string of the molecule is COC(=O)CCC(C(N)=O)N1C=C2C=CC(=O)C(OCc3ccc(CCl)cc3)=C2C1. The number of alkyl halides is 1. The number of ether oxygens (including phenoxy) is 2. The van der Waals surface area contributed by atoms with Gasteiger partial charge in [0.15, 0.2) is 5.76 Å². The fourth-order valence-corrected chi connectivity index (χ4v) is 3.56. The number of hydrogen-bond donors (Lipinski definition) is 1. The highest BCUT2D eigenvalue weighted by atomic mass is 35.5. The first-order valence-electron chi connectivity index (χ1n) is 9.49. The maximum Gasteiger partial charge on any atom is 0.305 e. The minimum atomic E-state index is -0.692. The molecular weight excluding hydrogens is 408 g/mol. The van der Waals surface area contributed by atoms with E-state index in [0.29, 0.717) is 18.0 Å². The van der Waals surface area contributed by atoms with Crippen LogP contribution >= 0.6 is 11.6 Å². The van der Waals surface area contributed by atoms with Gasteiger partial charge in [-0.25, -0.2) is 0 Å². The van der Waals surface area contributed by atoms with Crippen molar-refractivity contribution in [3.05, 3.63) is 70.6 Å². The first kappa shape index (κ1) is 21.6. The number of nitrogens with two attached hydrogens (primary N) is 1. The molecule has 1 aromatic carbocycles. The Labute approximate surface area is 179 Å². The van der Waals surface area contributed by atoms with Crippen molar-refractivity contribution in [1.82, 2.24) is 4.90 Å². The van der Waals surface area contributed by atoms with E-state index in [1.807, 2.05) is 24.3 Å². The number of rotatable bonds is 9. The van der Waals surface area contributed by atoms with Crippen LogP contribution in [0.15, 0.2) is 59.5 Å². The number of benzene rings is 1. The van der Waals surface area contributed by atoms with Gasteiger partial charge in [-0.3, -0.25) is 14.4 Å². The van der Waals surface area contributed by atoms with Crippen LogP contribution in [0.5, 0.6) is 0 Å². The molecule has 8 heteroatoms. The molecule has 30 heavy (non-hydrogen) atoms. The third kappa shape index (κ3) is 4.91. The normalized spacial score (nSPS) is 16.3. The van der Waals surface area contributed by atoms with Crippen LogP contribution in [-0.2, 0) is 36.3 Å². The van der Waals surface area contributed by atoms with Crippen molar-refractivity contribution in [2.45, 2.75) is 31.4 Å². The lowest BCUT2D eigenvalue weighted by molar-refractivity contribution is -0.141. The first-order valence-corrected chi connectivity index (χ1v) is 10.0. The van der Waals surface area contributed by atoms with Crippen LogP contribution in [0, 0.1) is 0 Å². The third-order valence-electron chi connectivity index (χ3n) is 5.04. The number of amides is 1. The van der Waals surface area contributed by atoms with Crippen LogP contribution in [0.1, 0.15) is 24.0 Å². The molecule has 2 aliphatic rings. The second-order valence-corrected chi connectivity index (χ2v) is 7.30. The van der Waals surface area contributed by atoms with Gasteiger partial charge in [0.1, 0.15) is 12.6 Å². The number of fused-ring (bicyclic) bond motifs is 1. The van der Waals surface area contributed by atoms with E-state index in [2.05, 4.69) is 4.74 Å². The average molecular weight is 431 g/mol. The Morgan fingerprint density at radius 3 is 2.53 bits per heavy atom. The Hall–Kier alpha value is -3.06. The quantitative estimate of drug-likeness (QED) is 0.477. The molecule has 1 aliphatic heterocycles. The Morgan fingerprint density at radius 2 is 1.90 bits per heavy atom. The molecule has 1 amide bonds. The number of esters is 1. The van der Waals surface area contributed by atoms with Crippen molar-refractivity contribution in [3.8, 4) is 0 Å². The Morgan fingerprint density at radius 1 is 1.20 bits per heavy atom. The van der Waals surface area contributed by atoms with E-state index >= 15 is 0 Å². The summed E-state index contributed by atoms with van der Waals surface area (Å²) >= 11 is 5.81. The van der Waals surface area contributed by atoms with Crippen LogP contribution in [0.4, 0.5) is 0 Å². The molecule has 3 rings (SSSR count). The smallest absolute Gasteiger partial charge is 0.305 e. The Bertz CT molecular complexity index is 933. The Balaban J connectivity index is 1.75. The number of allylic oxidation sites excluding steroid dienone is 2. The summed E-state index contributed by atoms with van der Waals surface area (Å²) in [4.78, 5) is 37.6. The molecule has 0 spiro atoms. The standard InChI is InChI=1S/C22H23ClN2O5/c1-29-20(27)9-7-18(22(24)28)25-11-16-6-8-19(26)21(17(16)12-25)30-13-15-4-2-14(10-23)3-5-15/h2-6,8,11,18H,7,9-10,12-13H2,1H3,(H2,24,28). The van der Waals surface area contributed by atoms with E-state index in [1.165, 1.54) is 13.2 Å². The van der Waals surface area contributed by atoms with Crippen molar-refractivity contribution in [2.24, 2.45) is 5.73 Å². The van der Waals surface area contributed by atoms with Crippen LogP contribution in [-0.4, -0.2) is 42.3 Å². The third-order valence-corrected chi connectivity index (χ3v) is 5.35. The second-order valence-electron chi connectivity index (χ2n) is 7.03. The van der Waals surface area contributed by atoms with Crippen LogP contribution in [0.2, 0.25) is 0 Å². The molecule has 1 heterocycles. The van der Waals surface area contributed by atoms with Gasteiger partial charge in [-0.15, -0.1) is 11.6 Å². The van der Waals surface area contributed by atoms with E-state index in [1.54, 1.807) is 17.2 Å². The summed E-state index contributed by atoms with van der Waals surface area (Å²) in [5.74, 6) is -0.507. The van der Waals surface area contributed by atoms with Crippen LogP contribution in [0.25, 0.3) is 0 Å². The molecule has 1 unspecified atom stereocenters. The van der Waals surface area contributed by atoms with Gasteiger partial charge in [-0.2, -0.15) is 0 Å².